The van der Waals surface area contributed by atoms with Crippen molar-refractivity contribution in [1.29, 1.82) is 0 Å². The van der Waals surface area contributed by atoms with E-state index in [1.54, 1.807) is 23.6 Å². The van der Waals surface area contributed by atoms with Crippen molar-refractivity contribution in [3.8, 4) is 0 Å². The molecule has 2 aromatic heterocycles. The highest BCUT2D eigenvalue weighted by molar-refractivity contribution is 7.07. The van der Waals surface area contributed by atoms with Crippen LogP contribution in [0.25, 0.3) is 0 Å². The van der Waals surface area contributed by atoms with Crippen LogP contribution in [0.15, 0.2) is 35.2 Å². The zero-order chi connectivity index (χ0) is 9.80. The van der Waals surface area contributed by atoms with E-state index < -0.39 is 0 Å². The molecule has 0 unspecified atom stereocenters. The quantitative estimate of drug-likeness (QED) is 0.808. The summed E-state index contributed by atoms with van der Waals surface area (Å²) in [6, 6.07) is 5.81. The van der Waals surface area contributed by atoms with Crippen LogP contribution in [0, 0.1) is 0 Å². The van der Waals surface area contributed by atoms with E-state index in [0.717, 1.165) is 12.2 Å². The Labute approximate surface area is 86.6 Å². The minimum Gasteiger partial charge on any atom is -0.384 e. The van der Waals surface area contributed by atoms with Gasteiger partial charge in [0, 0.05) is 6.54 Å². The first-order valence-corrected chi connectivity index (χ1v) is 5.25. The van der Waals surface area contributed by atoms with Crippen molar-refractivity contribution in [3.63, 3.8) is 0 Å². The van der Waals surface area contributed by atoms with Gasteiger partial charge in [0.15, 0.2) is 0 Å². The van der Waals surface area contributed by atoms with Crippen LogP contribution < -0.4 is 11.1 Å². The van der Waals surface area contributed by atoms with Gasteiger partial charge in [0.25, 0.3) is 0 Å². The molecule has 3 N–H and O–H groups in total. The summed E-state index contributed by atoms with van der Waals surface area (Å²) < 4.78 is 0. The fourth-order valence-corrected chi connectivity index (χ4v) is 1.78. The maximum Gasteiger partial charge on any atom is 0.123 e. The van der Waals surface area contributed by atoms with Crippen molar-refractivity contribution in [2.24, 2.45) is 0 Å². The van der Waals surface area contributed by atoms with Crippen LogP contribution in [0.2, 0.25) is 0 Å². The van der Waals surface area contributed by atoms with E-state index >= 15 is 0 Å². The molecule has 0 spiro atoms. The van der Waals surface area contributed by atoms with Crippen molar-refractivity contribution >= 4 is 22.8 Å². The third kappa shape index (κ3) is 2.23. The first-order valence-electron chi connectivity index (χ1n) is 4.31. The molecule has 2 rings (SSSR count). The normalized spacial score (nSPS) is 10.0. The van der Waals surface area contributed by atoms with E-state index in [1.807, 2.05) is 6.07 Å². The van der Waals surface area contributed by atoms with Gasteiger partial charge in [-0.05, 0) is 34.5 Å². The third-order valence-electron chi connectivity index (χ3n) is 1.86. The molecule has 0 aromatic carbocycles. The summed E-state index contributed by atoms with van der Waals surface area (Å²) in [6.07, 6.45) is 1.74. The first kappa shape index (κ1) is 9.02. The number of hydrogen-bond acceptors (Lipinski definition) is 4. The standard InChI is InChI=1S/C10H11N3S/c11-10-2-1-9(6-13-10)12-5-8-3-4-14-7-8/h1-4,6-7,12H,5H2,(H2,11,13). The highest BCUT2D eigenvalue weighted by atomic mass is 32.1. The Balaban J connectivity index is 1.95. The number of anilines is 2. The van der Waals surface area contributed by atoms with Crippen LogP contribution in [0.1, 0.15) is 5.56 Å². The molecule has 0 fully saturated rings. The summed E-state index contributed by atoms with van der Waals surface area (Å²) in [5.41, 5.74) is 7.76. The Hall–Kier alpha value is -1.55. The fraction of sp³-hybridized carbons (Fsp3) is 0.100. The molecule has 3 nitrogen and oxygen atoms in total. The lowest BCUT2D eigenvalue weighted by molar-refractivity contribution is 1.15. The molecule has 0 aliphatic carbocycles. The van der Waals surface area contributed by atoms with E-state index in [4.69, 9.17) is 5.73 Å². The number of nitrogens with zero attached hydrogens (tertiary/aromatic N) is 1. The van der Waals surface area contributed by atoms with E-state index in [2.05, 4.69) is 27.1 Å². The summed E-state index contributed by atoms with van der Waals surface area (Å²) in [5.74, 6) is 0.547. The van der Waals surface area contributed by atoms with Gasteiger partial charge in [-0.3, -0.25) is 0 Å². The molecular weight excluding hydrogens is 194 g/mol. The average Bonchev–Trinajstić information content (AvgIpc) is 2.70. The number of rotatable bonds is 3. The van der Waals surface area contributed by atoms with Gasteiger partial charge >= 0.3 is 0 Å². The van der Waals surface area contributed by atoms with Gasteiger partial charge in [-0.25, -0.2) is 4.98 Å². The number of nitrogens with two attached hydrogens (primary N) is 1. The predicted octanol–water partition coefficient (Wildman–Crippen LogP) is 2.34. The predicted molar refractivity (Wildman–Crippen MR) is 60.3 cm³/mol. The molecule has 0 amide bonds. The van der Waals surface area contributed by atoms with Crippen molar-refractivity contribution in [3.05, 3.63) is 40.7 Å². The van der Waals surface area contributed by atoms with Crippen LogP contribution in [0.3, 0.4) is 0 Å². The zero-order valence-corrected chi connectivity index (χ0v) is 8.42. The van der Waals surface area contributed by atoms with Gasteiger partial charge < -0.3 is 11.1 Å². The molecule has 0 saturated carbocycles. The van der Waals surface area contributed by atoms with Crippen LogP contribution in [-0.4, -0.2) is 4.98 Å². The number of aromatic nitrogens is 1. The lowest BCUT2D eigenvalue weighted by Crippen LogP contribution is -1.99. The number of nitrogens with one attached hydrogen (secondary N) is 1. The Morgan fingerprint density at radius 2 is 2.29 bits per heavy atom. The molecular formula is C10H11N3S. The van der Waals surface area contributed by atoms with Gasteiger partial charge in [0.1, 0.15) is 5.82 Å². The van der Waals surface area contributed by atoms with Crippen LogP contribution in [0.4, 0.5) is 11.5 Å². The number of nitrogen functional groups attached to an aromatic ring is 1. The Morgan fingerprint density at radius 3 is 2.93 bits per heavy atom. The van der Waals surface area contributed by atoms with Gasteiger partial charge in [0.05, 0.1) is 11.9 Å². The molecule has 2 aromatic rings. The molecule has 4 heteroatoms. The monoisotopic (exact) mass is 205 g/mol. The molecule has 0 aliphatic rings. The Morgan fingerprint density at radius 1 is 1.36 bits per heavy atom. The SMILES string of the molecule is Nc1ccc(NCc2ccsc2)cn1. The first-order chi connectivity index (χ1) is 6.84. The fourth-order valence-electron chi connectivity index (χ4n) is 1.11. The van der Waals surface area contributed by atoms with Gasteiger partial charge in [-0.15, -0.1) is 0 Å². The van der Waals surface area contributed by atoms with Crippen molar-refractivity contribution in [2.45, 2.75) is 6.54 Å². The summed E-state index contributed by atoms with van der Waals surface area (Å²) >= 11 is 1.70. The summed E-state index contributed by atoms with van der Waals surface area (Å²) in [4.78, 5) is 4.00. The lowest BCUT2D eigenvalue weighted by Gasteiger charge is -2.03. The Bertz CT molecular complexity index is 380. The second kappa shape index (κ2) is 4.11. The molecule has 2 heterocycles. The van der Waals surface area contributed by atoms with E-state index in [-0.39, 0.29) is 0 Å². The van der Waals surface area contributed by atoms with Gasteiger partial charge in [0.2, 0.25) is 0 Å². The second-order valence-corrected chi connectivity index (χ2v) is 3.74. The maximum atomic E-state index is 5.48. The number of pyridine rings is 1. The van der Waals surface area contributed by atoms with Gasteiger partial charge in [-0.2, -0.15) is 11.3 Å². The minimum atomic E-state index is 0.547. The molecule has 0 bridgehead atoms. The van der Waals surface area contributed by atoms with Crippen LogP contribution in [0.5, 0.6) is 0 Å². The molecule has 72 valence electrons. The molecule has 0 radical (unpaired) electrons. The molecule has 14 heavy (non-hydrogen) atoms. The van der Waals surface area contributed by atoms with Crippen LogP contribution >= 0.6 is 11.3 Å². The Kier molecular flexibility index (Phi) is 2.65. The van der Waals surface area contributed by atoms with Crippen molar-refractivity contribution in [2.75, 3.05) is 11.1 Å². The highest BCUT2D eigenvalue weighted by Crippen LogP contribution is 2.11. The topological polar surface area (TPSA) is 50.9 Å². The largest absolute Gasteiger partial charge is 0.384 e. The molecule has 0 aliphatic heterocycles. The third-order valence-corrected chi connectivity index (χ3v) is 2.60. The highest BCUT2D eigenvalue weighted by Gasteiger charge is 1.94. The number of hydrogen-bond donors (Lipinski definition) is 2. The van der Waals surface area contributed by atoms with Crippen molar-refractivity contribution < 1.29 is 0 Å². The molecule has 0 saturated heterocycles. The van der Waals surface area contributed by atoms with E-state index in [0.29, 0.717) is 5.82 Å². The van der Waals surface area contributed by atoms with Gasteiger partial charge in [-0.1, -0.05) is 0 Å². The average molecular weight is 205 g/mol. The molecule has 0 atom stereocenters. The van der Waals surface area contributed by atoms with Crippen LogP contribution in [-0.2, 0) is 6.54 Å². The number of thiophene rings is 1. The van der Waals surface area contributed by atoms with E-state index in [1.165, 1.54) is 5.56 Å². The maximum absolute atomic E-state index is 5.48. The zero-order valence-electron chi connectivity index (χ0n) is 7.60. The summed E-state index contributed by atoms with van der Waals surface area (Å²) in [5, 5.41) is 7.45. The summed E-state index contributed by atoms with van der Waals surface area (Å²) in [6.45, 7) is 0.828. The van der Waals surface area contributed by atoms with Crippen molar-refractivity contribution in [1.82, 2.24) is 4.98 Å². The van der Waals surface area contributed by atoms with E-state index in [9.17, 15) is 0 Å². The minimum absolute atomic E-state index is 0.547. The smallest absolute Gasteiger partial charge is 0.123 e. The lowest BCUT2D eigenvalue weighted by atomic mass is 10.3. The summed E-state index contributed by atoms with van der Waals surface area (Å²) in [7, 11) is 0. The second-order valence-electron chi connectivity index (χ2n) is 2.96.